The van der Waals surface area contributed by atoms with E-state index in [1.165, 1.54) is 0 Å². The van der Waals surface area contributed by atoms with Crippen LogP contribution in [0.4, 0.5) is 4.39 Å². The van der Waals surface area contributed by atoms with Crippen molar-refractivity contribution in [3.8, 4) is 11.3 Å². The zero-order valence-corrected chi connectivity index (χ0v) is 16.8. The molecule has 2 bridgehead atoms. The van der Waals surface area contributed by atoms with Gasteiger partial charge in [0, 0.05) is 34.0 Å². The highest BCUT2D eigenvalue weighted by atomic mass is 127. The van der Waals surface area contributed by atoms with E-state index in [2.05, 4.69) is 10.1 Å². The van der Waals surface area contributed by atoms with E-state index >= 15 is 0 Å². The Morgan fingerprint density at radius 3 is 2.81 bits per heavy atom. The summed E-state index contributed by atoms with van der Waals surface area (Å²) in [6, 6.07) is 5.40. The molecular weight excluding hydrogens is 460 g/mol. The number of hydrogen-bond acceptors (Lipinski definition) is 3. The molecule has 1 aromatic carbocycles. The molecule has 0 spiro atoms. The summed E-state index contributed by atoms with van der Waals surface area (Å²) in [6.45, 7) is 0.478. The maximum Gasteiger partial charge on any atom is 0.284 e. The summed E-state index contributed by atoms with van der Waals surface area (Å²) in [4.78, 5) is 16.8. The lowest BCUT2D eigenvalue weighted by Crippen LogP contribution is -2.25. The van der Waals surface area contributed by atoms with E-state index in [1.54, 1.807) is 16.9 Å². The summed E-state index contributed by atoms with van der Waals surface area (Å²) in [7, 11) is 1.87. The fourth-order valence-electron chi connectivity index (χ4n) is 4.34. The summed E-state index contributed by atoms with van der Waals surface area (Å²) in [5.41, 5.74) is 10.3. The Bertz CT molecular complexity index is 1100. The van der Waals surface area contributed by atoms with Gasteiger partial charge in [0.25, 0.3) is 5.91 Å². The number of carbonyl (C=O) groups excluding carboxylic acids is 1. The van der Waals surface area contributed by atoms with Crippen molar-refractivity contribution in [3.63, 3.8) is 0 Å². The van der Waals surface area contributed by atoms with Gasteiger partial charge in [-0.2, -0.15) is 5.10 Å². The molecule has 138 valence electrons. The van der Waals surface area contributed by atoms with Crippen LogP contribution in [0, 0.1) is 9.39 Å². The lowest BCUT2D eigenvalue weighted by molar-refractivity contribution is 0.0986. The van der Waals surface area contributed by atoms with Gasteiger partial charge >= 0.3 is 0 Å². The number of nitrogens with two attached hydrogens (primary N) is 1. The molecule has 3 aromatic rings. The van der Waals surface area contributed by atoms with Crippen molar-refractivity contribution in [1.29, 1.82) is 0 Å². The number of nitrogens with zero attached hydrogens (tertiary/aromatic N) is 4. The van der Waals surface area contributed by atoms with Gasteiger partial charge in [0.2, 0.25) is 0 Å². The lowest BCUT2D eigenvalue weighted by Gasteiger charge is -2.34. The average Bonchev–Trinajstić information content (AvgIpc) is 3.08. The van der Waals surface area contributed by atoms with Crippen LogP contribution in [0.2, 0.25) is 0 Å². The van der Waals surface area contributed by atoms with Gasteiger partial charge in [-0.1, -0.05) is 0 Å². The van der Waals surface area contributed by atoms with E-state index in [9.17, 15) is 9.18 Å². The monoisotopic (exact) mass is 477 g/mol. The van der Waals surface area contributed by atoms with Crippen LogP contribution in [0.3, 0.4) is 0 Å². The van der Waals surface area contributed by atoms with E-state index in [-0.39, 0.29) is 11.6 Å². The highest BCUT2D eigenvalue weighted by Gasteiger charge is 2.42. The number of aromatic nitrogens is 4. The molecule has 3 aliphatic rings. The topological polar surface area (TPSA) is 78.7 Å². The zero-order chi connectivity index (χ0) is 18.9. The van der Waals surface area contributed by atoms with Crippen molar-refractivity contribution in [2.24, 2.45) is 12.8 Å². The Kier molecular flexibility index (Phi) is 3.68. The minimum Gasteiger partial charge on any atom is -0.363 e. The second-order valence-electron chi connectivity index (χ2n) is 7.28. The van der Waals surface area contributed by atoms with Crippen LogP contribution in [0.15, 0.2) is 24.4 Å². The molecule has 6 nitrogen and oxygen atoms in total. The molecular formula is C19H17FIN5O. The molecule has 0 atom stereocenters. The molecule has 1 saturated carbocycles. The van der Waals surface area contributed by atoms with Crippen molar-refractivity contribution in [1.82, 2.24) is 19.3 Å². The molecule has 1 amide bonds. The van der Waals surface area contributed by atoms with E-state index < -0.39 is 5.91 Å². The van der Waals surface area contributed by atoms with Crippen molar-refractivity contribution in [3.05, 3.63) is 56.6 Å². The van der Waals surface area contributed by atoms with Crippen LogP contribution >= 0.6 is 22.6 Å². The van der Waals surface area contributed by atoms with Gasteiger partial charge < -0.3 is 10.3 Å². The zero-order valence-electron chi connectivity index (χ0n) is 14.6. The molecule has 8 heteroatoms. The quantitative estimate of drug-likeness (QED) is 0.589. The SMILES string of the molecule is Cn1nccc1Cn1c(C(N)=O)nc2c1C1CC(C1)c1cc(F)c(I)cc1-2. The van der Waals surface area contributed by atoms with Gasteiger partial charge in [-0.15, -0.1) is 0 Å². The van der Waals surface area contributed by atoms with Crippen LogP contribution < -0.4 is 5.73 Å². The Morgan fingerprint density at radius 1 is 1.37 bits per heavy atom. The maximum absolute atomic E-state index is 14.2. The van der Waals surface area contributed by atoms with Gasteiger partial charge in [0.05, 0.1) is 17.9 Å². The number of amides is 1. The second-order valence-corrected chi connectivity index (χ2v) is 8.45. The number of hydrogen-bond donors (Lipinski definition) is 1. The van der Waals surface area contributed by atoms with E-state index in [0.29, 0.717) is 22.0 Å². The molecule has 1 fully saturated rings. The third-order valence-corrected chi connectivity index (χ3v) is 6.61. The summed E-state index contributed by atoms with van der Waals surface area (Å²) < 4.78 is 18.5. The number of halogens is 2. The second kappa shape index (κ2) is 5.88. The van der Waals surface area contributed by atoms with Crippen molar-refractivity contribution >= 4 is 28.5 Å². The highest BCUT2D eigenvalue weighted by Crippen LogP contribution is 2.55. The summed E-state index contributed by atoms with van der Waals surface area (Å²) in [5, 5.41) is 4.21. The van der Waals surface area contributed by atoms with Crippen LogP contribution in [0.25, 0.3) is 11.3 Å². The highest BCUT2D eigenvalue weighted by molar-refractivity contribution is 14.1. The number of rotatable bonds is 3. The molecule has 2 heterocycles. The minimum atomic E-state index is -0.556. The number of benzene rings is 1. The van der Waals surface area contributed by atoms with Crippen molar-refractivity contribution < 1.29 is 9.18 Å². The number of imidazole rings is 1. The third-order valence-electron chi connectivity index (χ3n) is 5.78. The van der Waals surface area contributed by atoms with Gasteiger partial charge in [0.15, 0.2) is 5.82 Å². The van der Waals surface area contributed by atoms with E-state index in [0.717, 1.165) is 41.1 Å². The van der Waals surface area contributed by atoms with Gasteiger partial charge in [0.1, 0.15) is 5.82 Å². The van der Waals surface area contributed by atoms with Gasteiger partial charge in [-0.05, 0) is 65.1 Å². The Labute approximate surface area is 168 Å². The number of aryl methyl sites for hydroxylation is 1. The van der Waals surface area contributed by atoms with Crippen molar-refractivity contribution in [2.45, 2.75) is 31.2 Å². The first kappa shape index (κ1) is 16.9. The van der Waals surface area contributed by atoms with Crippen LogP contribution in [0.1, 0.15) is 52.2 Å². The summed E-state index contributed by atoms with van der Waals surface area (Å²) >= 11 is 2.00. The molecule has 27 heavy (non-hydrogen) atoms. The Balaban J connectivity index is 1.76. The normalized spacial score (nSPS) is 19.8. The minimum absolute atomic E-state index is 0.203. The first-order valence-corrected chi connectivity index (χ1v) is 9.88. The smallest absolute Gasteiger partial charge is 0.284 e. The molecule has 0 saturated heterocycles. The number of carbonyl (C=O) groups is 1. The van der Waals surface area contributed by atoms with Crippen LogP contribution in [0.5, 0.6) is 0 Å². The van der Waals surface area contributed by atoms with Gasteiger partial charge in [-0.25, -0.2) is 9.37 Å². The Morgan fingerprint density at radius 2 is 2.15 bits per heavy atom. The molecule has 0 unspecified atom stereocenters. The van der Waals surface area contributed by atoms with Gasteiger partial charge in [-0.3, -0.25) is 9.48 Å². The molecule has 0 radical (unpaired) electrons. The maximum atomic E-state index is 14.2. The Hall–Kier alpha value is -2.23. The number of primary amides is 1. The predicted molar refractivity (Wildman–Crippen MR) is 106 cm³/mol. The first-order valence-electron chi connectivity index (χ1n) is 8.80. The molecule has 0 aliphatic heterocycles. The van der Waals surface area contributed by atoms with Crippen LogP contribution in [-0.2, 0) is 13.6 Å². The molecule has 2 aromatic heterocycles. The third kappa shape index (κ3) is 2.45. The molecule has 6 rings (SSSR count). The fraction of sp³-hybridized carbons (Fsp3) is 0.316. The average molecular weight is 477 g/mol. The molecule has 3 aliphatic carbocycles. The van der Waals surface area contributed by atoms with Crippen molar-refractivity contribution in [2.75, 3.05) is 0 Å². The standard InChI is InChI=1S/C19H17FIN5O/c1-25-11(2-3-23-25)8-26-17-10-4-9(5-10)12-6-14(20)15(21)7-13(12)16(17)24-19(26)18(22)27/h2-3,6-7,9-10H,4-5,8H2,1H3,(H2,22,27). The van der Waals surface area contributed by atoms with E-state index in [4.69, 9.17) is 5.73 Å². The summed E-state index contributed by atoms with van der Waals surface area (Å²) in [5.74, 6) is 0.127. The predicted octanol–water partition coefficient (Wildman–Crippen LogP) is 3.15. The van der Waals surface area contributed by atoms with Crippen LogP contribution in [-0.4, -0.2) is 25.2 Å². The van der Waals surface area contributed by atoms with E-state index in [1.807, 2.05) is 46.3 Å². The first-order chi connectivity index (χ1) is 12.9. The largest absolute Gasteiger partial charge is 0.363 e. The fourth-order valence-corrected chi connectivity index (χ4v) is 4.81. The summed E-state index contributed by atoms with van der Waals surface area (Å²) in [6.07, 6.45) is 3.61. The molecule has 2 N–H and O–H groups in total. The lowest BCUT2D eigenvalue weighted by atomic mass is 9.71.